The van der Waals surface area contributed by atoms with E-state index in [0.29, 0.717) is 18.0 Å². The fourth-order valence-electron chi connectivity index (χ4n) is 7.44. The average molecular weight is 418 g/mol. The van der Waals surface area contributed by atoms with E-state index in [1.807, 2.05) is 4.90 Å². The summed E-state index contributed by atoms with van der Waals surface area (Å²) in [5.74, 6) is 2.59. The van der Waals surface area contributed by atoms with E-state index in [-0.39, 0.29) is 23.7 Å². The van der Waals surface area contributed by atoms with Gasteiger partial charge in [0.05, 0.1) is 17.9 Å². The maximum Gasteiger partial charge on any atom is 0.230 e. The molecule has 2 heterocycles. The highest BCUT2D eigenvalue weighted by atomic mass is 32.1. The van der Waals surface area contributed by atoms with Crippen LogP contribution < -0.4 is 5.32 Å². The van der Waals surface area contributed by atoms with Gasteiger partial charge in [0.25, 0.3) is 0 Å². The van der Waals surface area contributed by atoms with E-state index < -0.39 is 5.72 Å². The van der Waals surface area contributed by atoms with Crippen molar-refractivity contribution in [1.29, 1.82) is 0 Å². The third-order valence-electron chi connectivity index (χ3n) is 8.45. The van der Waals surface area contributed by atoms with Gasteiger partial charge in [-0.05, 0) is 75.5 Å². The van der Waals surface area contributed by atoms with Crippen molar-refractivity contribution < 1.29 is 14.6 Å². The number of carbonyl (C=O) groups excluding carboxylic acids is 1. The lowest BCUT2D eigenvalue weighted by atomic mass is 9.80. The lowest BCUT2D eigenvalue weighted by Gasteiger charge is -2.40. The van der Waals surface area contributed by atoms with Crippen LogP contribution in [0.2, 0.25) is 0 Å². The molecule has 158 valence electrons. The zero-order chi connectivity index (χ0) is 19.6. The molecule has 0 aromatic carbocycles. The number of thiazole rings is 1. The fourth-order valence-corrected chi connectivity index (χ4v) is 8.39. The van der Waals surface area contributed by atoms with Crippen molar-refractivity contribution in [3.8, 4) is 5.88 Å². The smallest absolute Gasteiger partial charge is 0.230 e. The molecule has 5 aliphatic carbocycles. The Morgan fingerprint density at radius 2 is 1.97 bits per heavy atom. The van der Waals surface area contributed by atoms with E-state index in [4.69, 9.17) is 4.74 Å². The highest BCUT2D eigenvalue weighted by molar-refractivity contribution is 7.16. The minimum Gasteiger partial charge on any atom is -0.492 e. The molecule has 7 rings (SSSR count). The molecule has 5 saturated carbocycles. The number of amides is 1. The largest absolute Gasteiger partial charge is 0.492 e. The van der Waals surface area contributed by atoms with Crippen molar-refractivity contribution in [3.63, 3.8) is 0 Å². The Morgan fingerprint density at radius 3 is 2.72 bits per heavy atom. The molecule has 6 aliphatic rings. The van der Waals surface area contributed by atoms with E-state index in [2.05, 4.69) is 10.3 Å². The number of nitrogens with one attached hydrogen (secondary N) is 1. The molecule has 2 N–H and O–H groups in total. The molecule has 0 radical (unpaired) electrons. The number of hydrogen-bond donors (Lipinski definition) is 2. The number of nitrogens with zero attached hydrogens (tertiary/aromatic N) is 2. The number of carbonyl (C=O) groups is 1. The van der Waals surface area contributed by atoms with Gasteiger partial charge in [0.1, 0.15) is 5.72 Å². The molecule has 2 atom stereocenters. The van der Waals surface area contributed by atoms with Crippen LogP contribution in [0.25, 0.3) is 0 Å². The molecule has 4 bridgehead atoms. The normalized spacial score (nSPS) is 37.0. The molecular weight excluding hydrogens is 386 g/mol. The Morgan fingerprint density at radius 1 is 1.21 bits per heavy atom. The molecule has 1 saturated heterocycles. The summed E-state index contributed by atoms with van der Waals surface area (Å²) in [6.45, 7) is 1.29. The van der Waals surface area contributed by atoms with Crippen molar-refractivity contribution in [2.75, 3.05) is 18.5 Å². The summed E-state index contributed by atoms with van der Waals surface area (Å²) in [6, 6.07) is 0. The molecule has 1 aromatic rings. The van der Waals surface area contributed by atoms with Gasteiger partial charge in [-0.1, -0.05) is 17.8 Å². The Bertz CT molecular complexity index is 804. The Labute approximate surface area is 176 Å². The summed E-state index contributed by atoms with van der Waals surface area (Å²) in [7, 11) is 0. The predicted octanol–water partition coefficient (Wildman–Crippen LogP) is 3.90. The van der Waals surface area contributed by atoms with Gasteiger partial charge in [-0.15, -0.1) is 0 Å². The van der Waals surface area contributed by atoms with Gasteiger partial charge in [-0.2, -0.15) is 4.98 Å². The molecule has 2 unspecified atom stereocenters. The molecule has 1 amide bonds. The van der Waals surface area contributed by atoms with Crippen molar-refractivity contribution in [2.24, 2.45) is 17.8 Å². The van der Waals surface area contributed by atoms with E-state index in [1.54, 1.807) is 0 Å². The topological polar surface area (TPSA) is 74.7 Å². The van der Waals surface area contributed by atoms with Crippen LogP contribution in [0, 0.1) is 17.8 Å². The lowest BCUT2D eigenvalue weighted by Crippen LogP contribution is -2.49. The standard InChI is InChI=1S/C22H31N3O3S/c26-18(25-6-7-28-22(25)4-2-1-3-5-22)11-17-19(27)23-20(29-17)24-21-12-14-8-15(13-21)10-16(21)9-14/h14-16,27H,1-13H2,(H,23,24). The summed E-state index contributed by atoms with van der Waals surface area (Å²) in [5, 5.41) is 15.0. The van der Waals surface area contributed by atoms with E-state index in [0.717, 1.165) is 48.6 Å². The first-order valence-electron chi connectivity index (χ1n) is 11.5. The highest BCUT2D eigenvalue weighted by Gasteiger charge is 2.58. The van der Waals surface area contributed by atoms with Gasteiger partial charge in [-0.3, -0.25) is 4.79 Å². The summed E-state index contributed by atoms with van der Waals surface area (Å²) in [5.41, 5.74) is -0.203. The number of rotatable bonds is 4. The summed E-state index contributed by atoms with van der Waals surface area (Å²) < 4.78 is 6.06. The summed E-state index contributed by atoms with van der Waals surface area (Å²) in [4.78, 5) is 20.2. The quantitative estimate of drug-likeness (QED) is 0.777. The second-order valence-electron chi connectivity index (χ2n) is 10.2. The lowest BCUT2D eigenvalue weighted by molar-refractivity contribution is -0.154. The first-order chi connectivity index (χ1) is 14.1. The molecule has 7 heteroatoms. The summed E-state index contributed by atoms with van der Waals surface area (Å²) in [6.07, 6.45) is 12.2. The van der Waals surface area contributed by atoms with Crippen LogP contribution in [-0.2, 0) is 16.0 Å². The van der Waals surface area contributed by atoms with Crippen molar-refractivity contribution in [3.05, 3.63) is 4.88 Å². The maximum atomic E-state index is 13.1. The van der Waals surface area contributed by atoms with Crippen molar-refractivity contribution >= 4 is 22.4 Å². The zero-order valence-electron chi connectivity index (χ0n) is 17.0. The van der Waals surface area contributed by atoms with Crippen molar-refractivity contribution in [1.82, 2.24) is 9.88 Å². The van der Waals surface area contributed by atoms with Crippen LogP contribution in [0.4, 0.5) is 5.13 Å². The van der Waals surface area contributed by atoms with Gasteiger partial charge in [0.15, 0.2) is 5.13 Å². The fraction of sp³-hybridized carbons (Fsp3) is 0.818. The number of ether oxygens (including phenoxy) is 1. The second-order valence-corrected chi connectivity index (χ2v) is 11.3. The van der Waals surface area contributed by atoms with Gasteiger partial charge in [-0.25, -0.2) is 0 Å². The van der Waals surface area contributed by atoms with Gasteiger partial charge in [0, 0.05) is 12.1 Å². The number of aromatic nitrogens is 1. The number of hydrogen-bond acceptors (Lipinski definition) is 6. The van der Waals surface area contributed by atoms with Crippen LogP contribution in [-0.4, -0.2) is 45.3 Å². The van der Waals surface area contributed by atoms with Gasteiger partial charge in [0.2, 0.25) is 11.8 Å². The van der Waals surface area contributed by atoms with Crippen LogP contribution in [0.5, 0.6) is 5.88 Å². The van der Waals surface area contributed by atoms with Crippen LogP contribution in [0.3, 0.4) is 0 Å². The summed E-state index contributed by atoms with van der Waals surface area (Å²) >= 11 is 1.47. The monoisotopic (exact) mass is 417 g/mol. The second kappa shape index (κ2) is 6.58. The predicted molar refractivity (Wildman–Crippen MR) is 111 cm³/mol. The minimum atomic E-state index is -0.391. The first-order valence-corrected chi connectivity index (χ1v) is 12.3. The molecule has 29 heavy (non-hydrogen) atoms. The Hall–Kier alpha value is -1.34. The molecule has 1 aromatic heterocycles. The first kappa shape index (κ1) is 18.4. The molecule has 6 fully saturated rings. The third-order valence-corrected chi connectivity index (χ3v) is 9.41. The molecule has 1 aliphatic heterocycles. The highest BCUT2D eigenvalue weighted by Crippen LogP contribution is 2.61. The molecule has 6 nitrogen and oxygen atoms in total. The van der Waals surface area contributed by atoms with E-state index in [9.17, 15) is 9.90 Å². The number of anilines is 1. The Balaban J connectivity index is 1.17. The van der Waals surface area contributed by atoms with E-state index in [1.165, 1.54) is 49.9 Å². The van der Waals surface area contributed by atoms with Crippen LogP contribution in [0.1, 0.15) is 69.1 Å². The van der Waals surface area contributed by atoms with Gasteiger partial charge < -0.3 is 20.1 Å². The van der Waals surface area contributed by atoms with Gasteiger partial charge >= 0.3 is 0 Å². The average Bonchev–Trinajstić information content (AvgIpc) is 3.37. The Kier molecular flexibility index (Phi) is 4.18. The van der Waals surface area contributed by atoms with Crippen molar-refractivity contribution in [2.45, 2.75) is 81.9 Å². The van der Waals surface area contributed by atoms with E-state index >= 15 is 0 Å². The minimum absolute atomic E-state index is 0.0257. The molecule has 1 spiro atoms. The third kappa shape index (κ3) is 2.91. The number of aromatic hydroxyl groups is 1. The SMILES string of the molecule is O=C(Cc1sc(NC23CC4CC(CC2C4)C3)nc1O)N1CCOC12CCCCC2. The molecular formula is C22H31N3O3S. The zero-order valence-corrected chi connectivity index (χ0v) is 17.8. The van der Waals surface area contributed by atoms with Crippen LogP contribution >= 0.6 is 11.3 Å². The van der Waals surface area contributed by atoms with Crippen LogP contribution in [0.15, 0.2) is 0 Å². The maximum absolute atomic E-state index is 13.1.